The van der Waals surface area contributed by atoms with Crippen molar-refractivity contribution in [2.24, 2.45) is 0 Å². The molecule has 0 aromatic carbocycles. The lowest BCUT2D eigenvalue weighted by Gasteiger charge is -2.10. The topological polar surface area (TPSA) is 63.1 Å². The normalized spacial score (nSPS) is 12.8. The number of hydrogen-bond acceptors (Lipinski definition) is 4. The molecule has 1 aromatic heterocycles. The second kappa shape index (κ2) is 6.00. The highest BCUT2D eigenvalue weighted by atomic mass is 32.2. The Balaban J connectivity index is 2.80. The second-order valence-electron chi connectivity index (χ2n) is 4.40. The first-order chi connectivity index (χ1) is 7.88. The summed E-state index contributed by atoms with van der Waals surface area (Å²) in [5.41, 5.74) is 1.93. The Kier molecular flexibility index (Phi) is 4.93. The zero-order valence-corrected chi connectivity index (χ0v) is 11.4. The Hall–Kier alpha value is -1.10. The minimum absolute atomic E-state index is 0.0192. The van der Waals surface area contributed by atoms with E-state index in [2.05, 4.69) is 23.8 Å². The molecule has 1 heterocycles. The summed E-state index contributed by atoms with van der Waals surface area (Å²) in [7, 11) is 0. The molecule has 1 aromatic rings. The third-order valence-electron chi connectivity index (χ3n) is 2.21. The third-order valence-corrected chi connectivity index (χ3v) is 3.18. The average Bonchev–Trinajstić information content (AvgIpc) is 2.14. The standard InChI is InChI=1S/C12H18N2O2S/c1-7(2)10-5-8(3)13-12(14-10)17-9(4)6-11(15)16/h5,7,9H,6H2,1-4H3,(H,15,16). The van der Waals surface area contributed by atoms with E-state index in [1.54, 1.807) is 0 Å². The SMILES string of the molecule is Cc1cc(C(C)C)nc(SC(C)CC(=O)O)n1. The van der Waals surface area contributed by atoms with Crippen molar-refractivity contribution in [2.45, 2.75) is 50.4 Å². The molecular formula is C12H18N2O2S. The van der Waals surface area contributed by atoms with Gasteiger partial charge in [-0.25, -0.2) is 9.97 Å². The summed E-state index contributed by atoms with van der Waals surface area (Å²) in [6.07, 6.45) is 0.124. The van der Waals surface area contributed by atoms with Gasteiger partial charge in [0.1, 0.15) is 0 Å². The number of aryl methyl sites for hydroxylation is 1. The summed E-state index contributed by atoms with van der Waals surface area (Å²) in [6.45, 7) is 7.97. The number of hydrogen-bond donors (Lipinski definition) is 1. The molecule has 0 amide bonds. The molecule has 0 aliphatic rings. The number of carboxylic acids is 1. The van der Waals surface area contributed by atoms with Crippen LogP contribution in [0.4, 0.5) is 0 Å². The molecule has 1 atom stereocenters. The molecule has 5 heteroatoms. The predicted molar refractivity (Wildman–Crippen MR) is 68.4 cm³/mol. The highest BCUT2D eigenvalue weighted by Crippen LogP contribution is 2.24. The number of rotatable bonds is 5. The molecule has 1 unspecified atom stereocenters. The van der Waals surface area contributed by atoms with Gasteiger partial charge in [-0.05, 0) is 18.9 Å². The van der Waals surface area contributed by atoms with Crippen LogP contribution in [-0.4, -0.2) is 26.3 Å². The van der Waals surface area contributed by atoms with Gasteiger partial charge < -0.3 is 5.11 Å². The van der Waals surface area contributed by atoms with Gasteiger partial charge >= 0.3 is 5.97 Å². The van der Waals surface area contributed by atoms with Gasteiger partial charge in [-0.1, -0.05) is 32.5 Å². The summed E-state index contributed by atoms with van der Waals surface area (Å²) in [4.78, 5) is 19.3. The van der Waals surface area contributed by atoms with Crippen molar-refractivity contribution < 1.29 is 9.90 Å². The molecule has 0 spiro atoms. The zero-order valence-electron chi connectivity index (χ0n) is 10.6. The smallest absolute Gasteiger partial charge is 0.304 e. The molecule has 17 heavy (non-hydrogen) atoms. The summed E-state index contributed by atoms with van der Waals surface area (Å²) in [5.74, 6) is -0.437. The van der Waals surface area contributed by atoms with Crippen LogP contribution in [0.5, 0.6) is 0 Å². The van der Waals surface area contributed by atoms with Crippen LogP contribution in [0.3, 0.4) is 0 Å². The Morgan fingerprint density at radius 1 is 1.41 bits per heavy atom. The summed E-state index contributed by atoms with van der Waals surface area (Å²) in [6, 6.07) is 1.97. The van der Waals surface area contributed by atoms with Crippen LogP contribution < -0.4 is 0 Å². The van der Waals surface area contributed by atoms with Gasteiger partial charge in [-0.15, -0.1) is 0 Å². The lowest BCUT2D eigenvalue weighted by molar-refractivity contribution is -0.136. The fourth-order valence-corrected chi connectivity index (χ4v) is 2.32. The van der Waals surface area contributed by atoms with Crippen molar-refractivity contribution in [1.82, 2.24) is 9.97 Å². The van der Waals surface area contributed by atoms with E-state index >= 15 is 0 Å². The van der Waals surface area contributed by atoms with Crippen LogP contribution in [-0.2, 0) is 4.79 Å². The van der Waals surface area contributed by atoms with Crippen molar-refractivity contribution in [3.63, 3.8) is 0 Å². The molecule has 0 saturated carbocycles. The van der Waals surface area contributed by atoms with E-state index in [-0.39, 0.29) is 11.7 Å². The number of aliphatic carboxylic acids is 1. The Morgan fingerprint density at radius 3 is 2.59 bits per heavy atom. The number of carboxylic acid groups (broad SMARTS) is 1. The quantitative estimate of drug-likeness (QED) is 0.646. The maximum atomic E-state index is 10.6. The van der Waals surface area contributed by atoms with Crippen LogP contribution in [0.25, 0.3) is 0 Å². The summed E-state index contributed by atoms with van der Waals surface area (Å²) >= 11 is 1.41. The van der Waals surface area contributed by atoms with Crippen LogP contribution in [0.2, 0.25) is 0 Å². The predicted octanol–water partition coefficient (Wildman–Crippen LogP) is 2.86. The first-order valence-electron chi connectivity index (χ1n) is 5.62. The molecule has 94 valence electrons. The molecule has 0 fully saturated rings. The monoisotopic (exact) mass is 254 g/mol. The molecule has 0 bridgehead atoms. The van der Waals surface area contributed by atoms with Crippen LogP contribution >= 0.6 is 11.8 Å². The average molecular weight is 254 g/mol. The molecular weight excluding hydrogens is 236 g/mol. The van der Waals surface area contributed by atoms with Crippen LogP contribution in [0, 0.1) is 6.92 Å². The molecule has 1 N–H and O–H groups in total. The van der Waals surface area contributed by atoms with E-state index in [4.69, 9.17) is 5.11 Å². The Bertz CT molecular complexity index is 407. The van der Waals surface area contributed by atoms with E-state index in [9.17, 15) is 4.79 Å². The number of aromatic nitrogens is 2. The molecule has 0 aliphatic heterocycles. The molecule has 0 saturated heterocycles. The second-order valence-corrected chi connectivity index (χ2v) is 5.80. The zero-order chi connectivity index (χ0) is 13.0. The van der Waals surface area contributed by atoms with Gasteiger partial charge in [0.15, 0.2) is 5.16 Å². The Morgan fingerprint density at radius 2 is 2.06 bits per heavy atom. The third kappa shape index (κ3) is 4.73. The van der Waals surface area contributed by atoms with E-state index in [1.165, 1.54) is 11.8 Å². The van der Waals surface area contributed by atoms with Crippen molar-refractivity contribution >= 4 is 17.7 Å². The first kappa shape index (κ1) is 14.0. The van der Waals surface area contributed by atoms with Gasteiger partial charge in [-0.2, -0.15) is 0 Å². The fraction of sp³-hybridized carbons (Fsp3) is 0.583. The van der Waals surface area contributed by atoms with Crippen LogP contribution in [0.1, 0.15) is 44.5 Å². The van der Waals surface area contributed by atoms with Crippen molar-refractivity contribution in [3.05, 3.63) is 17.5 Å². The van der Waals surface area contributed by atoms with Crippen LogP contribution in [0.15, 0.2) is 11.2 Å². The summed E-state index contributed by atoms with van der Waals surface area (Å²) < 4.78 is 0. The highest BCUT2D eigenvalue weighted by Gasteiger charge is 2.13. The van der Waals surface area contributed by atoms with Gasteiger partial charge in [0.05, 0.1) is 6.42 Å². The fourth-order valence-electron chi connectivity index (χ4n) is 1.38. The van der Waals surface area contributed by atoms with E-state index in [1.807, 2.05) is 19.9 Å². The lowest BCUT2D eigenvalue weighted by atomic mass is 10.1. The first-order valence-corrected chi connectivity index (χ1v) is 6.50. The maximum absolute atomic E-state index is 10.6. The number of thioether (sulfide) groups is 1. The molecule has 0 aliphatic carbocycles. The maximum Gasteiger partial charge on any atom is 0.304 e. The van der Waals surface area contributed by atoms with Crippen molar-refractivity contribution in [3.8, 4) is 0 Å². The van der Waals surface area contributed by atoms with Gasteiger partial charge in [-0.3, -0.25) is 4.79 Å². The molecule has 0 radical (unpaired) electrons. The van der Waals surface area contributed by atoms with Gasteiger partial charge in [0.25, 0.3) is 0 Å². The van der Waals surface area contributed by atoms with E-state index in [0.717, 1.165) is 11.4 Å². The van der Waals surface area contributed by atoms with E-state index in [0.29, 0.717) is 11.1 Å². The summed E-state index contributed by atoms with van der Waals surface area (Å²) in [5, 5.41) is 9.35. The Labute approximate surface area is 106 Å². The number of carbonyl (C=O) groups is 1. The largest absolute Gasteiger partial charge is 0.481 e. The molecule has 4 nitrogen and oxygen atoms in total. The minimum atomic E-state index is -0.790. The van der Waals surface area contributed by atoms with Crippen molar-refractivity contribution in [2.75, 3.05) is 0 Å². The molecule has 1 rings (SSSR count). The van der Waals surface area contributed by atoms with Gasteiger partial charge in [0.2, 0.25) is 0 Å². The van der Waals surface area contributed by atoms with Crippen molar-refractivity contribution in [1.29, 1.82) is 0 Å². The minimum Gasteiger partial charge on any atom is -0.481 e. The van der Waals surface area contributed by atoms with Gasteiger partial charge in [0, 0.05) is 16.6 Å². The highest BCUT2D eigenvalue weighted by molar-refractivity contribution is 7.99. The lowest BCUT2D eigenvalue weighted by Crippen LogP contribution is -2.07. The number of nitrogens with zero attached hydrogens (tertiary/aromatic N) is 2. The van der Waals surface area contributed by atoms with E-state index < -0.39 is 5.97 Å².